The highest BCUT2D eigenvalue weighted by Gasteiger charge is 2.24. The van der Waals surface area contributed by atoms with Gasteiger partial charge in [-0.1, -0.05) is 12.3 Å². The zero-order valence-electron chi connectivity index (χ0n) is 13.0. The first-order valence-corrected chi connectivity index (χ1v) is 7.50. The van der Waals surface area contributed by atoms with Crippen LogP contribution in [-0.2, 0) is 0 Å². The van der Waals surface area contributed by atoms with Gasteiger partial charge in [0.15, 0.2) is 5.96 Å². The van der Waals surface area contributed by atoms with Crippen molar-refractivity contribution < 1.29 is 4.42 Å². The largest absolute Gasteiger partial charge is 0.468 e. The molecular weight excluding hydrogens is 391 g/mol. The van der Waals surface area contributed by atoms with Crippen molar-refractivity contribution in [3.05, 3.63) is 24.2 Å². The van der Waals surface area contributed by atoms with Crippen LogP contribution in [-0.4, -0.2) is 44.1 Å². The molecule has 0 aliphatic carbocycles. The third-order valence-corrected chi connectivity index (χ3v) is 3.75. The van der Waals surface area contributed by atoms with Crippen molar-refractivity contribution in [3.63, 3.8) is 0 Å². The minimum Gasteiger partial charge on any atom is -0.468 e. The topological polar surface area (TPSA) is 52.8 Å². The van der Waals surface area contributed by atoms with Gasteiger partial charge in [-0.05, 0) is 38.1 Å². The first-order chi connectivity index (χ1) is 10.3. The average molecular weight is 416 g/mol. The first-order valence-electron chi connectivity index (χ1n) is 7.50. The lowest BCUT2D eigenvalue weighted by atomic mass is 10.1. The number of rotatable bonds is 5. The molecule has 1 fully saturated rings. The molecule has 1 aromatic heterocycles. The molecule has 1 unspecified atom stereocenters. The molecule has 0 amide bonds. The normalized spacial score (nSPS) is 17.2. The van der Waals surface area contributed by atoms with Gasteiger partial charge in [0.1, 0.15) is 5.76 Å². The van der Waals surface area contributed by atoms with E-state index in [0.29, 0.717) is 6.54 Å². The molecule has 2 N–H and O–H groups in total. The lowest BCUT2D eigenvalue weighted by Crippen LogP contribution is -2.44. The van der Waals surface area contributed by atoms with Gasteiger partial charge in [0.05, 0.1) is 18.8 Å². The molecular formula is C16H25IN4O. The molecule has 2 rings (SSSR count). The number of halogens is 1. The maximum atomic E-state index is 5.62. The lowest BCUT2D eigenvalue weighted by molar-refractivity contribution is 0.146. The van der Waals surface area contributed by atoms with E-state index in [0.717, 1.165) is 31.4 Å². The van der Waals surface area contributed by atoms with E-state index >= 15 is 0 Å². The van der Waals surface area contributed by atoms with Gasteiger partial charge in [0.25, 0.3) is 0 Å². The number of furan rings is 1. The van der Waals surface area contributed by atoms with E-state index in [2.05, 4.69) is 26.4 Å². The average Bonchev–Trinajstić information content (AvgIpc) is 3.06. The smallest absolute Gasteiger partial charge is 0.191 e. The number of guanidine groups is 1. The summed E-state index contributed by atoms with van der Waals surface area (Å²) < 4.78 is 5.62. The standard InChI is InChI=1S/C16H24N4O.HI/c1-3-9-18-16(17-2)19-13-14(15-8-7-12-21-15)20-10-5-4-6-11-20;/h1,7-8,12,14H,4-6,9-11,13H2,2H3,(H2,17,18,19);1H. The summed E-state index contributed by atoms with van der Waals surface area (Å²) in [6, 6.07) is 4.21. The van der Waals surface area contributed by atoms with Gasteiger partial charge in [-0.3, -0.25) is 9.89 Å². The summed E-state index contributed by atoms with van der Waals surface area (Å²) in [5.74, 6) is 4.27. The highest BCUT2D eigenvalue weighted by Crippen LogP contribution is 2.24. The zero-order chi connectivity index (χ0) is 14.9. The van der Waals surface area contributed by atoms with Gasteiger partial charge >= 0.3 is 0 Å². The molecule has 2 heterocycles. The van der Waals surface area contributed by atoms with Gasteiger partial charge in [-0.25, -0.2) is 0 Å². The summed E-state index contributed by atoms with van der Waals surface area (Å²) in [7, 11) is 1.74. The van der Waals surface area contributed by atoms with Crippen molar-refractivity contribution >= 4 is 29.9 Å². The van der Waals surface area contributed by atoms with Crippen LogP contribution < -0.4 is 10.6 Å². The summed E-state index contributed by atoms with van der Waals surface area (Å²) in [6.45, 7) is 3.44. The van der Waals surface area contributed by atoms with Crippen molar-refractivity contribution in [3.8, 4) is 12.3 Å². The maximum absolute atomic E-state index is 5.62. The van der Waals surface area contributed by atoms with E-state index in [9.17, 15) is 0 Å². The van der Waals surface area contributed by atoms with E-state index in [1.165, 1.54) is 19.3 Å². The number of likely N-dealkylation sites (tertiary alicyclic amines) is 1. The molecule has 5 nitrogen and oxygen atoms in total. The second-order valence-electron chi connectivity index (χ2n) is 5.14. The lowest BCUT2D eigenvalue weighted by Gasteiger charge is -2.33. The number of piperidine rings is 1. The highest BCUT2D eigenvalue weighted by atomic mass is 127. The number of hydrogen-bond acceptors (Lipinski definition) is 3. The first kappa shape index (κ1) is 18.8. The van der Waals surface area contributed by atoms with Crippen LogP contribution >= 0.6 is 24.0 Å². The molecule has 1 saturated heterocycles. The summed E-state index contributed by atoms with van der Waals surface area (Å²) in [5.41, 5.74) is 0. The summed E-state index contributed by atoms with van der Waals surface area (Å²) >= 11 is 0. The van der Waals surface area contributed by atoms with Crippen LogP contribution in [0, 0.1) is 12.3 Å². The van der Waals surface area contributed by atoms with E-state index in [-0.39, 0.29) is 30.0 Å². The molecule has 0 aromatic carbocycles. The molecule has 0 spiro atoms. The van der Waals surface area contributed by atoms with Crippen molar-refractivity contribution in [1.29, 1.82) is 0 Å². The summed E-state index contributed by atoms with van der Waals surface area (Å²) in [4.78, 5) is 6.65. The SMILES string of the molecule is C#CCNC(=NC)NCC(c1ccco1)N1CCCCC1.I. The van der Waals surface area contributed by atoms with Crippen molar-refractivity contribution in [2.45, 2.75) is 25.3 Å². The Balaban J connectivity index is 0.00000242. The van der Waals surface area contributed by atoms with Crippen molar-refractivity contribution in [2.75, 3.05) is 33.2 Å². The van der Waals surface area contributed by atoms with E-state index in [1.807, 2.05) is 12.1 Å². The third-order valence-electron chi connectivity index (χ3n) is 3.75. The third kappa shape index (κ3) is 5.54. The fourth-order valence-electron chi connectivity index (χ4n) is 2.67. The monoisotopic (exact) mass is 416 g/mol. The molecule has 6 heteroatoms. The van der Waals surface area contributed by atoms with Crippen LogP contribution in [0.5, 0.6) is 0 Å². The molecule has 122 valence electrons. The van der Waals surface area contributed by atoms with Gasteiger partial charge in [-0.2, -0.15) is 0 Å². The molecule has 1 atom stereocenters. The summed E-state index contributed by atoms with van der Waals surface area (Å²) in [5, 5.41) is 6.41. The number of aliphatic imine (C=N–C) groups is 1. The zero-order valence-corrected chi connectivity index (χ0v) is 15.4. The molecule has 1 aromatic rings. The van der Waals surface area contributed by atoms with Crippen molar-refractivity contribution in [1.82, 2.24) is 15.5 Å². The van der Waals surface area contributed by atoms with Gasteiger partial charge in [0.2, 0.25) is 0 Å². The Morgan fingerprint density at radius 1 is 1.41 bits per heavy atom. The predicted molar refractivity (Wildman–Crippen MR) is 100 cm³/mol. The van der Waals surface area contributed by atoms with Crippen LogP contribution in [0.2, 0.25) is 0 Å². The Hall–Kier alpha value is -1.20. The molecule has 22 heavy (non-hydrogen) atoms. The Kier molecular flexibility index (Phi) is 9.01. The van der Waals surface area contributed by atoms with Gasteiger partial charge in [0, 0.05) is 13.6 Å². The van der Waals surface area contributed by atoms with Gasteiger partial charge in [-0.15, -0.1) is 30.4 Å². The predicted octanol–water partition coefficient (Wildman–Crippen LogP) is 2.22. The minimum atomic E-state index is 0. The molecule has 0 saturated carbocycles. The Bertz CT molecular complexity index is 475. The van der Waals surface area contributed by atoms with E-state index in [4.69, 9.17) is 10.8 Å². The molecule has 0 radical (unpaired) electrons. The van der Waals surface area contributed by atoms with Gasteiger partial charge < -0.3 is 15.1 Å². The maximum Gasteiger partial charge on any atom is 0.191 e. The van der Waals surface area contributed by atoms with E-state index in [1.54, 1.807) is 13.3 Å². The fraction of sp³-hybridized carbons (Fsp3) is 0.562. The number of nitrogens with zero attached hydrogens (tertiary/aromatic N) is 2. The molecule has 0 bridgehead atoms. The van der Waals surface area contributed by atoms with E-state index < -0.39 is 0 Å². The number of hydrogen-bond donors (Lipinski definition) is 2. The summed E-state index contributed by atoms with van der Waals surface area (Å²) in [6.07, 6.45) is 10.8. The number of terminal acetylenes is 1. The van der Waals surface area contributed by atoms with Crippen LogP contribution in [0.25, 0.3) is 0 Å². The van der Waals surface area contributed by atoms with Crippen LogP contribution in [0.15, 0.2) is 27.8 Å². The fourth-order valence-corrected chi connectivity index (χ4v) is 2.67. The van der Waals surface area contributed by atoms with Crippen LogP contribution in [0.4, 0.5) is 0 Å². The second-order valence-corrected chi connectivity index (χ2v) is 5.14. The Labute approximate surface area is 149 Å². The molecule has 1 aliphatic rings. The van der Waals surface area contributed by atoms with Crippen molar-refractivity contribution in [2.24, 2.45) is 4.99 Å². The second kappa shape index (κ2) is 10.5. The molecule has 1 aliphatic heterocycles. The van der Waals surface area contributed by atoms with Crippen LogP contribution in [0.1, 0.15) is 31.1 Å². The van der Waals surface area contributed by atoms with Crippen LogP contribution in [0.3, 0.4) is 0 Å². The Morgan fingerprint density at radius 3 is 2.77 bits per heavy atom. The quantitative estimate of drug-likeness (QED) is 0.335. The number of nitrogens with one attached hydrogen (secondary N) is 2. The minimum absolute atomic E-state index is 0. The Morgan fingerprint density at radius 2 is 2.18 bits per heavy atom. The highest BCUT2D eigenvalue weighted by molar-refractivity contribution is 14.0.